The zero-order chi connectivity index (χ0) is 16.9. The van der Waals surface area contributed by atoms with Gasteiger partial charge >= 0.3 is 0 Å². The van der Waals surface area contributed by atoms with Crippen LogP contribution in [-0.4, -0.2) is 13.4 Å². The van der Waals surface area contributed by atoms with Gasteiger partial charge < -0.3 is 14.2 Å². The number of benzene rings is 3. The fourth-order valence-electron chi connectivity index (χ4n) is 2.91. The lowest BCUT2D eigenvalue weighted by atomic mass is 10.0. The molecule has 1 heterocycles. The third-order valence-corrected chi connectivity index (χ3v) is 4.30. The van der Waals surface area contributed by atoms with Crippen LogP contribution >= 0.6 is 0 Å². The molecule has 0 saturated carbocycles. The van der Waals surface area contributed by atoms with Crippen LogP contribution in [-0.2, 0) is 17.8 Å². The maximum atomic E-state index is 5.80. The molecule has 0 radical (unpaired) electrons. The molecule has 3 heteroatoms. The van der Waals surface area contributed by atoms with Crippen molar-refractivity contribution in [2.75, 3.05) is 13.4 Å². The number of ether oxygens (including phenoxy) is 3. The second kappa shape index (κ2) is 7.41. The molecule has 4 rings (SSSR count). The molecule has 3 aromatic rings. The first kappa shape index (κ1) is 15.7. The average molecular weight is 332 g/mol. The van der Waals surface area contributed by atoms with Crippen molar-refractivity contribution in [1.29, 1.82) is 0 Å². The van der Waals surface area contributed by atoms with E-state index in [0.717, 1.165) is 23.5 Å². The van der Waals surface area contributed by atoms with Gasteiger partial charge in [0, 0.05) is 0 Å². The van der Waals surface area contributed by atoms with Crippen LogP contribution in [0.25, 0.3) is 11.1 Å². The van der Waals surface area contributed by atoms with Gasteiger partial charge in [-0.25, -0.2) is 0 Å². The molecular formula is C22H20O3. The van der Waals surface area contributed by atoms with Crippen LogP contribution in [0.4, 0.5) is 0 Å². The van der Waals surface area contributed by atoms with Gasteiger partial charge in [-0.05, 0) is 40.8 Å². The summed E-state index contributed by atoms with van der Waals surface area (Å²) in [5.41, 5.74) is 4.87. The summed E-state index contributed by atoms with van der Waals surface area (Å²) < 4.78 is 16.5. The molecule has 0 atom stereocenters. The van der Waals surface area contributed by atoms with Crippen LogP contribution in [0.5, 0.6) is 11.5 Å². The number of hydrogen-bond acceptors (Lipinski definition) is 3. The molecule has 1 aliphatic heterocycles. The summed E-state index contributed by atoms with van der Waals surface area (Å²) in [6.07, 6.45) is 0.902. The average Bonchev–Trinajstić information content (AvgIpc) is 3.14. The maximum Gasteiger partial charge on any atom is 0.231 e. The second-order valence-corrected chi connectivity index (χ2v) is 6.05. The lowest BCUT2D eigenvalue weighted by Gasteiger charge is -2.07. The molecule has 126 valence electrons. The minimum absolute atomic E-state index is 0.304. The Morgan fingerprint density at radius 2 is 1.44 bits per heavy atom. The van der Waals surface area contributed by atoms with Crippen molar-refractivity contribution in [1.82, 2.24) is 0 Å². The van der Waals surface area contributed by atoms with Gasteiger partial charge in [-0.1, -0.05) is 60.7 Å². The highest BCUT2D eigenvalue weighted by Crippen LogP contribution is 2.32. The van der Waals surface area contributed by atoms with Crippen LogP contribution in [0.1, 0.15) is 11.1 Å². The summed E-state index contributed by atoms with van der Waals surface area (Å²) in [7, 11) is 0. The van der Waals surface area contributed by atoms with E-state index >= 15 is 0 Å². The third kappa shape index (κ3) is 3.83. The van der Waals surface area contributed by atoms with E-state index in [4.69, 9.17) is 14.2 Å². The summed E-state index contributed by atoms with van der Waals surface area (Å²) in [5.74, 6) is 1.61. The zero-order valence-corrected chi connectivity index (χ0v) is 14.0. The van der Waals surface area contributed by atoms with Crippen molar-refractivity contribution in [2.24, 2.45) is 0 Å². The summed E-state index contributed by atoms with van der Waals surface area (Å²) >= 11 is 0. The summed E-state index contributed by atoms with van der Waals surface area (Å²) in [5, 5.41) is 0. The van der Waals surface area contributed by atoms with Crippen LogP contribution in [0.2, 0.25) is 0 Å². The highest BCUT2D eigenvalue weighted by molar-refractivity contribution is 5.63. The molecule has 0 aliphatic carbocycles. The van der Waals surface area contributed by atoms with Crippen molar-refractivity contribution < 1.29 is 14.2 Å². The summed E-state index contributed by atoms with van der Waals surface area (Å²) in [6.45, 7) is 1.58. The molecule has 0 aromatic heterocycles. The van der Waals surface area contributed by atoms with Gasteiger partial charge in [-0.3, -0.25) is 0 Å². The van der Waals surface area contributed by atoms with E-state index in [2.05, 4.69) is 48.5 Å². The molecule has 0 unspecified atom stereocenters. The van der Waals surface area contributed by atoms with Crippen LogP contribution < -0.4 is 9.47 Å². The fourth-order valence-corrected chi connectivity index (χ4v) is 2.91. The second-order valence-electron chi connectivity index (χ2n) is 6.05. The van der Waals surface area contributed by atoms with E-state index in [1.807, 2.05) is 24.3 Å². The Balaban J connectivity index is 1.27. The standard InChI is InChI=1S/C22H20O3/c1-2-4-19(5-3-1)20-9-6-17(7-10-20)12-13-23-15-18-8-11-21-22(14-18)25-16-24-21/h1-11,14H,12-13,15-16H2. The largest absolute Gasteiger partial charge is 0.454 e. The summed E-state index contributed by atoms with van der Waals surface area (Å²) in [6, 6.07) is 25.0. The minimum atomic E-state index is 0.304. The zero-order valence-electron chi connectivity index (χ0n) is 14.0. The van der Waals surface area contributed by atoms with Gasteiger partial charge in [-0.2, -0.15) is 0 Å². The smallest absolute Gasteiger partial charge is 0.231 e. The molecule has 25 heavy (non-hydrogen) atoms. The molecular weight excluding hydrogens is 312 g/mol. The van der Waals surface area contributed by atoms with E-state index in [-0.39, 0.29) is 0 Å². The van der Waals surface area contributed by atoms with Crippen molar-refractivity contribution in [3.05, 3.63) is 83.9 Å². The SMILES string of the molecule is c1ccc(-c2ccc(CCOCc3ccc4c(c3)OCO4)cc2)cc1. The summed E-state index contributed by atoms with van der Waals surface area (Å²) in [4.78, 5) is 0. The maximum absolute atomic E-state index is 5.80. The van der Waals surface area contributed by atoms with E-state index in [0.29, 0.717) is 20.0 Å². The van der Waals surface area contributed by atoms with Gasteiger partial charge in [0.2, 0.25) is 6.79 Å². The Bertz CT molecular complexity index is 826. The van der Waals surface area contributed by atoms with Gasteiger partial charge in [0.15, 0.2) is 11.5 Å². The van der Waals surface area contributed by atoms with Gasteiger partial charge in [-0.15, -0.1) is 0 Å². The monoisotopic (exact) mass is 332 g/mol. The Kier molecular flexibility index (Phi) is 4.66. The first-order valence-electron chi connectivity index (χ1n) is 8.49. The third-order valence-electron chi connectivity index (χ3n) is 4.30. The van der Waals surface area contributed by atoms with E-state index in [1.165, 1.54) is 16.7 Å². The Morgan fingerprint density at radius 1 is 0.720 bits per heavy atom. The van der Waals surface area contributed by atoms with Crippen LogP contribution in [0.3, 0.4) is 0 Å². The molecule has 0 bridgehead atoms. The van der Waals surface area contributed by atoms with E-state index in [9.17, 15) is 0 Å². The van der Waals surface area contributed by atoms with Crippen molar-refractivity contribution >= 4 is 0 Å². The predicted octanol–water partition coefficient (Wildman–Crippen LogP) is 4.84. The van der Waals surface area contributed by atoms with E-state index in [1.54, 1.807) is 0 Å². The minimum Gasteiger partial charge on any atom is -0.454 e. The number of hydrogen-bond donors (Lipinski definition) is 0. The predicted molar refractivity (Wildman–Crippen MR) is 97.8 cm³/mol. The van der Waals surface area contributed by atoms with Crippen molar-refractivity contribution in [3.8, 4) is 22.6 Å². The quantitative estimate of drug-likeness (QED) is 0.604. The van der Waals surface area contributed by atoms with Gasteiger partial charge in [0.25, 0.3) is 0 Å². The molecule has 3 aromatic carbocycles. The first-order chi connectivity index (χ1) is 12.4. The highest BCUT2D eigenvalue weighted by Gasteiger charge is 2.12. The lowest BCUT2D eigenvalue weighted by Crippen LogP contribution is -1.99. The first-order valence-corrected chi connectivity index (χ1v) is 8.49. The topological polar surface area (TPSA) is 27.7 Å². The molecule has 0 spiro atoms. The normalized spacial score (nSPS) is 12.3. The molecule has 1 aliphatic rings. The van der Waals surface area contributed by atoms with Crippen LogP contribution in [0, 0.1) is 0 Å². The Hall–Kier alpha value is -2.78. The highest BCUT2D eigenvalue weighted by atomic mass is 16.7. The fraction of sp³-hybridized carbons (Fsp3) is 0.182. The van der Waals surface area contributed by atoms with E-state index < -0.39 is 0 Å². The van der Waals surface area contributed by atoms with Gasteiger partial charge in [0.1, 0.15) is 0 Å². The molecule has 0 amide bonds. The Labute approximate surface area is 147 Å². The van der Waals surface area contributed by atoms with Crippen molar-refractivity contribution in [3.63, 3.8) is 0 Å². The van der Waals surface area contributed by atoms with Crippen molar-refractivity contribution in [2.45, 2.75) is 13.0 Å². The molecule has 0 N–H and O–H groups in total. The Morgan fingerprint density at radius 3 is 2.28 bits per heavy atom. The number of fused-ring (bicyclic) bond motifs is 1. The van der Waals surface area contributed by atoms with Crippen LogP contribution in [0.15, 0.2) is 72.8 Å². The molecule has 0 fully saturated rings. The van der Waals surface area contributed by atoms with Gasteiger partial charge in [0.05, 0.1) is 13.2 Å². The number of rotatable bonds is 6. The lowest BCUT2D eigenvalue weighted by molar-refractivity contribution is 0.123. The molecule has 0 saturated heterocycles. The molecule has 3 nitrogen and oxygen atoms in total.